The van der Waals surface area contributed by atoms with Gasteiger partial charge in [0.15, 0.2) is 5.82 Å². The molecule has 46 heavy (non-hydrogen) atoms. The smallest absolute Gasteiger partial charge is 0.0341 e. The van der Waals surface area contributed by atoms with Gasteiger partial charge in [0, 0.05) is 18.0 Å². The van der Waals surface area contributed by atoms with Crippen LogP contribution in [0.5, 0.6) is 0 Å². The van der Waals surface area contributed by atoms with Crippen molar-refractivity contribution >= 4 is 21.3 Å². The summed E-state index contributed by atoms with van der Waals surface area (Å²) in [5.41, 5.74) is 6.32. The molecule has 1 aromatic heterocycles. The Kier molecular flexibility index (Phi) is 17.9. The maximum absolute atomic E-state index is 4.71. The van der Waals surface area contributed by atoms with Crippen molar-refractivity contribution in [3.05, 3.63) is 72.1 Å². The molecule has 254 valence electrons. The molecule has 0 unspecified atom stereocenters. The Bertz CT molecular complexity index is 1190. The zero-order valence-electron chi connectivity index (χ0n) is 30.8. The molecule has 0 saturated carbocycles. The summed E-state index contributed by atoms with van der Waals surface area (Å²) in [6.45, 7) is 15.1. The molecule has 3 aromatic rings. The summed E-state index contributed by atoms with van der Waals surface area (Å²) >= 11 is -1.47. The van der Waals surface area contributed by atoms with Crippen LogP contribution in [0.2, 0.25) is 46.2 Å². The fraction of sp³-hybridized carbons (Fsp3) is 0.619. The number of nitrogens with zero attached hydrogens (tertiary/aromatic N) is 2. The van der Waals surface area contributed by atoms with Gasteiger partial charge in [-0.3, -0.25) is 0 Å². The third-order valence-corrected chi connectivity index (χ3v) is 27.7. The van der Waals surface area contributed by atoms with Gasteiger partial charge in [-0.15, -0.1) is 0 Å². The Morgan fingerprint density at radius 3 is 1.50 bits per heavy atom. The molecule has 2 nitrogen and oxygen atoms in total. The molecule has 0 fully saturated rings. The quantitative estimate of drug-likeness (QED) is 0.0686. The zero-order chi connectivity index (χ0) is 33.1. The summed E-state index contributed by atoms with van der Waals surface area (Å²) in [7, 11) is -0.989. The van der Waals surface area contributed by atoms with Crippen LogP contribution in [-0.4, -0.2) is 31.3 Å². The van der Waals surface area contributed by atoms with E-state index in [4.69, 9.17) is 9.97 Å². The fourth-order valence-corrected chi connectivity index (χ4v) is 22.7. The number of benzene rings is 2. The number of hydrogen-bond donors (Lipinski definition) is 0. The molecule has 3 rings (SSSR count). The predicted octanol–water partition coefficient (Wildman–Crippen LogP) is 13.8. The standard InChI is InChI=1S/C42H68GeN2Si/c1-7-11-12-19-22-37-24-26-39(27-25-37)40-28-30-41(31-29-40)42-44-35-38(36-45-42)23-20-17-15-13-14-16-18-21-33-46(5,6)34-32-43(8-2,9-3)10-4/h24-31,35-36H,7-23,32-34H2,1-6H3. The topological polar surface area (TPSA) is 25.8 Å². The van der Waals surface area contributed by atoms with Crippen molar-refractivity contribution in [1.29, 1.82) is 0 Å². The van der Waals surface area contributed by atoms with Gasteiger partial charge in [-0.1, -0.05) is 74.7 Å². The second-order valence-corrected chi connectivity index (χ2v) is 32.2. The third-order valence-electron chi connectivity index (χ3n) is 11.1. The molecule has 0 atom stereocenters. The Balaban J connectivity index is 1.27. The van der Waals surface area contributed by atoms with Crippen LogP contribution in [0.1, 0.15) is 116 Å². The van der Waals surface area contributed by atoms with Crippen molar-refractivity contribution in [1.82, 2.24) is 9.97 Å². The minimum atomic E-state index is -1.47. The summed E-state index contributed by atoms with van der Waals surface area (Å²) in [5.74, 6) is 0.822. The molecule has 0 aliphatic carbocycles. The SMILES string of the molecule is CCCCCCc1ccc(-c2ccc(-c3ncc(CCCCCCCCCC[Si](C)(C)C[CH2][Ge]([CH2]C)([CH2]C)[CH2]C)cn3)cc2)cc1. The number of aryl methyl sites for hydroxylation is 2. The molecule has 0 N–H and O–H groups in total. The second-order valence-electron chi connectivity index (χ2n) is 15.1. The van der Waals surface area contributed by atoms with Crippen LogP contribution < -0.4 is 0 Å². The van der Waals surface area contributed by atoms with Gasteiger partial charge in [-0.2, -0.15) is 0 Å². The summed E-state index contributed by atoms with van der Waals surface area (Å²) in [6, 6.07) is 21.0. The van der Waals surface area contributed by atoms with Crippen LogP contribution >= 0.6 is 0 Å². The van der Waals surface area contributed by atoms with E-state index >= 15 is 0 Å². The van der Waals surface area contributed by atoms with Crippen LogP contribution in [0.4, 0.5) is 0 Å². The number of unbranched alkanes of at least 4 members (excludes halogenated alkanes) is 10. The molecule has 0 aliphatic heterocycles. The summed E-state index contributed by atoms with van der Waals surface area (Å²) in [5, 5.41) is 6.29. The van der Waals surface area contributed by atoms with Crippen molar-refractivity contribution in [2.24, 2.45) is 0 Å². The molecular formula is C42H68GeN2Si. The first-order chi connectivity index (χ1) is 22.3. The summed E-state index contributed by atoms with van der Waals surface area (Å²) in [4.78, 5) is 9.42. The maximum atomic E-state index is 4.71. The molecule has 0 aliphatic rings. The summed E-state index contributed by atoms with van der Waals surface area (Å²) < 4.78 is 0. The van der Waals surface area contributed by atoms with Crippen molar-refractivity contribution in [3.63, 3.8) is 0 Å². The summed E-state index contributed by atoms with van der Waals surface area (Å²) in [6.07, 6.45) is 22.7. The van der Waals surface area contributed by atoms with E-state index in [1.165, 1.54) is 106 Å². The zero-order valence-corrected chi connectivity index (χ0v) is 33.9. The average molecular weight is 702 g/mol. The van der Waals surface area contributed by atoms with Crippen LogP contribution in [0.25, 0.3) is 22.5 Å². The molecule has 4 heteroatoms. The fourth-order valence-electron chi connectivity index (χ4n) is 7.07. The van der Waals surface area contributed by atoms with E-state index in [0.29, 0.717) is 0 Å². The first-order valence-corrected chi connectivity index (χ1v) is 28.7. The van der Waals surface area contributed by atoms with Gasteiger partial charge in [-0.05, 0) is 41.5 Å². The molecular weight excluding hydrogens is 633 g/mol. The van der Waals surface area contributed by atoms with Gasteiger partial charge in [0.25, 0.3) is 0 Å². The maximum Gasteiger partial charge on any atom is 0.0341 e. The van der Waals surface area contributed by atoms with E-state index < -0.39 is 21.3 Å². The second kappa shape index (κ2) is 21.3. The van der Waals surface area contributed by atoms with Gasteiger partial charge >= 0.3 is 140 Å². The van der Waals surface area contributed by atoms with Crippen molar-refractivity contribution in [2.75, 3.05) is 0 Å². The molecule has 0 amide bonds. The minimum absolute atomic E-state index is 0.822. The monoisotopic (exact) mass is 702 g/mol. The first-order valence-electron chi connectivity index (χ1n) is 19.3. The van der Waals surface area contributed by atoms with Gasteiger partial charge < -0.3 is 0 Å². The molecule has 0 spiro atoms. The van der Waals surface area contributed by atoms with E-state index in [1.54, 1.807) is 33.1 Å². The molecule has 1 heterocycles. The Labute approximate surface area is 288 Å². The molecule has 0 saturated heterocycles. The molecule has 0 bridgehead atoms. The van der Waals surface area contributed by atoms with Crippen LogP contribution in [0.15, 0.2) is 60.9 Å². The van der Waals surface area contributed by atoms with E-state index in [1.807, 2.05) is 12.4 Å². The van der Waals surface area contributed by atoms with Crippen LogP contribution in [0, 0.1) is 0 Å². The van der Waals surface area contributed by atoms with Gasteiger partial charge in [0.1, 0.15) is 0 Å². The van der Waals surface area contributed by atoms with Crippen LogP contribution in [-0.2, 0) is 12.8 Å². The van der Waals surface area contributed by atoms with Gasteiger partial charge in [-0.25, -0.2) is 9.97 Å². The van der Waals surface area contributed by atoms with Crippen molar-refractivity contribution in [2.45, 2.75) is 164 Å². The largest absolute Gasteiger partial charge is 0.236 e. The van der Waals surface area contributed by atoms with Crippen molar-refractivity contribution < 1.29 is 0 Å². The van der Waals surface area contributed by atoms with Crippen LogP contribution in [0.3, 0.4) is 0 Å². The van der Waals surface area contributed by atoms with E-state index in [9.17, 15) is 0 Å². The van der Waals surface area contributed by atoms with E-state index in [-0.39, 0.29) is 0 Å². The Morgan fingerprint density at radius 1 is 0.500 bits per heavy atom. The van der Waals surface area contributed by atoms with E-state index in [2.05, 4.69) is 89.3 Å². The van der Waals surface area contributed by atoms with Gasteiger partial charge in [0.05, 0.1) is 0 Å². The number of hydrogen-bond acceptors (Lipinski definition) is 2. The average Bonchev–Trinajstić information content (AvgIpc) is 3.09. The molecule has 2 aromatic carbocycles. The normalized spacial score (nSPS) is 12.1. The third kappa shape index (κ3) is 13.8. The first kappa shape index (κ1) is 38.7. The molecule has 0 radical (unpaired) electrons. The Morgan fingerprint density at radius 2 is 0.957 bits per heavy atom. The number of aromatic nitrogens is 2. The Hall–Kier alpha value is -1.72. The minimum Gasteiger partial charge on any atom is -0.236 e. The van der Waals surface area contributed by atoms with Crippen molar-refractivity contribution in [3.8, 4) is 22.5 Å². The van der Waals surface area contributed by atoms with Gasteiger partial charge in [0.2, 0.25) is 0 Å². The van der Waals surface area contributed by atoms with E-state index in [0.717, 1.165) is 17.8 Å². The predicted molar refractivity (Wildman–Crippen MR) is 210 cm³/mol. The number of rotatable bonds is 24.